The van der Waals surface area contributed by atoms with Gasteiger partial charge in [-0.2, -0.15) is 5.10 Å². The maximum atomic E-state index is 5.15. The van der Waals surface area contributed by atoms with Crippen LogP contribution < -0.4 is 5.32 Å². The summed E-state index contributed by atoms with van der Waals surface area (Å²) in [4.78, 5) is 0. The SMILES string of the molecule is CCCNCc1c(CC)nn(CCOC)c1CC. The van der Waals surface area contributed by atoms with Gasteiger partial charge in [-0.15, -0.1) is 0 Å². The summed E-state index contributed by atoms with van der Waals surface area (Å²) in [5, 5.41) is 8.20. The molecule has 104 valence electrons. The summed E-state index contributed by atoms with van der Waals surface area (Å²) in [6.07, 6.45) is 3.19. The number of rotatable bonds is 9. The number of aromatic nitrogens is 2. The van der Waals surface area contributed by atoms with Crippen LogP contribution in [-0.4, -0.2) is 30.0 Å². The van der Waals surface area contributed by atoms with Crippen molar-refractivity contribution in [2.24, 2.45) is 0 Å². The van der Waals surface area contributed by atoms with E-state index in [4.69, 9.17) is 9.84 Å². The van der Waals surface area contributed by atoms with Crippen molar-refractivity contribution in [1.82, 2.24) is 15.1 Å². The fraction of sp³-hybridized carbons (Fsp3) is 0.786. The maximum absolute atomic E-state index is 5.15. The molecule has 4 nitrogen and oxygen atoms in total. The lowest BCUT2D eigenvalue weighted by Gasteiger charge is -2.08. The van der Waals surface area contributed by atoms with Gasteiger partial charge in [0.1, 0.15) is 0 Å². The molecule has 0 fully saturated rings. The van der Waals surface area contributed by atoms with Gasteiger partial charge in [0.15, 0.2) is 0 Å². The van der Waals surface area contributed by atoms with Gasteiger partial charge < -0.3 is 10.1 Å². The summed E-state index contributed by atoms with van der Waals surface area (Å²) in [6, 6.07) is 0. The zero-order valence-electron chi connectivity index (χ0n) is 12.3. The fourth-order valence-corrected chi connectivity index (χ4v) is 2.23. The Bertz CT molecular complexity index is 347. The lowest BCUT2D eigenvalue weighted by atomic mass is 10.1. The molecule has 0 aliphatic rings. The monoisotopic (exact) mass is 253 g/mol. The van der Waals surface area contributed by atoms with Crippen LogP contribution >= 0.6 is 0 Å². The van der Waals surface area contributed by atoms with Crippen molar-refractivity contribution in [2.45, 2.75) is 53.1 Å². The molecule has 4 heteroatoms. The lowest BCUT2D eigenvalue weighted by Crippen LogP contribution is -2.16. The van der Waals surface area contributed by atoms with Crippen molar-refractivity contribution in [1.29, 1.82) is 0 Å². The molecule has 1 aromatic rings. The predicted molar refractivity (Wildman–Crippen MR) is 74.9 cm³/mol. The van der Waals surface area contributed by atoms with Crippen LogP contribution in [0.25, 0.3) is 0 Å². The van der Waals surface area contributed by atoms with Crippen molar-refractivity contribution in [2.75, 3.05) is 20.3 Å². The number of aryl methyl sites for hydroxylation is 1. The standard InChI is InChI=1S/C14H27N3O/c1-5-8-15-11-12-13(6-2)16-17(9-10-18-4)14(12)7-3/h15H,5-11H2,1-4H3. The Morgan fingerprint density at radius 3 is 2.56 bits per heavy atom. The molecular weight excluding hydrogens is 226 g/mol. The van der Waals surface area contributed by atoms with Gasteiger partial charge >= 0.3 is 0 Å². The van der Waals surface area contributed by atoms with E-state index in [0.29, 0.717) is 0 Å². The first kappa shape index (κ1) is 15.2. The van der Waals surface area contributed by atoms with Crippen LogP contribution in [-0.2, 0) is 30.7 Å². The van der Waals surface area contributed by atoms with E-state index in [2.05, 4.69) is 30.8 Å². The zero-order valence-corrected chi connectivity index (χ0v) is 12.3. The highest BCUT2D eigenvalue weighted by atomic mass is 16.5. The van der Waals surface area contributed by atoms with Crippen LogP contribution in [0.5, 0.6) is 0 Å². The Kier molecular flexibility index (Phi) is 6.98. The summed E-state index contributed by atoms with van der Waals surface area (Å²) in [6.45, 7) is 10.1. The number of nitrogens with zero attached hydrogens (tertiary/aromatic N) is 2. The second-order valence-corrected chi connectivity index (χ2v) is 4.47. The molecule has 0 spiro atoms. The maximum Gasteiger partial charge on any atom is 0.0669 e. The minimum atomic E-state index is 0.722. The van der Waals surface area contributed by atoms with E-state index < -0.39 is 0 Å². The minimum absolute atomic E-state index is 0.722. The van der Waals surface area contributed by atoms with Crippen molar-refractivity contribution in [3.8, 4) is 0 Å². The van der Waals surface area contributed by atoms with E-state index in [-0.39, 0.29) is 0 Å². The molecule has 1 rings (SSSR count). The highest BCUT2D eigenvalue weighted by molar-refractivity contribution is 5.26. The minimum Gasteiger partial charge on any atom is -0.383 e. The van der Waals surface area contributed by atoms with E-state index >= 15 is 0 Å². The Balaban J connectivity index is 2.86. The molecule has 18 heavy (non-hydrogen) atoms. The molecule has 0 aliphatic heterocycles. The fourth-order valence-electron chi connectivity index (χ4n) is 2.23. The average molecular weight is 253 g/mol. The lowest BCUT2D eigenvalue weighted by molar-refractivity contribution is 0.182. The van der Waals surface area contributed by atoms with Gasteiger partial charge in [0, 0.05) is 24.9 Å². The highest BCUT2D eigenvalue weighted by Gasteiger charge is 2.14. The Hall–Kier alpha value is -0.870. The number of hydrogen-bond donors (Lipinski definition) is 1. The van der Waals surface area contributed by atoms with Crippen molar-refractivity contribution >= 4 is 0 Å². The molecule has 1 N–H and O–H groups in total. The summed E-state index contributed by atoms with van der Waals surface area (Å²) >= 11 is 0. The first-order valence-electron chi connectivity index (χ1n) is 7.05. The van der Waals surface area contributed by atoms with Gasteiger partial charge in [0.05, 0.1) is 18.8 Å². The van der Waals surface area contributed by atoms with Crippen LogP contribution in [0, 0.1) is 0 Å². The largest absolute Gasteiger partial charge is 0.383 e. The second kappa shape index (κ2) is 8.27. The van der Waals surface area contributed by atoms with E-state index in [1.54, 1.807) is 7.11 Å². The quantitative estimate of drug-likeness (QED) is 0.685. The highest BCUT2D eigenvalue weighted by Crippen LogP contribution is 2.16. The molecule has 1 aromatic heterocycles. The van der Waals surface area contributed by atoms with Gasteiger partial charge in [-0.25, -0.2) is 0 Å². The molecule has 1 heterocycles. The first-order valence-corrected chi connectivity index (χ1v) is 7.05. The van der Waals surface area contributed by atoms with E-state index in [9.17, 15) is 0 Å². The summed E-state index contributed by atoms with van der Waals surface area (Å²) < 4.78 is 7.27. The van der Waals surface area contributed by atoms with Gasteiger partial charge in [0.2, 0.25) is 0 Å². The molecule has 0 saturated heterocycles. The Morgan fingerprint density at radius 1 is 1.22 bits per heavy atom. The van der Waals surface area contributed by atoms with Crippen molar-refractivity contribution in [3.05, 3.63) is 17.0 Å². The molecule has 0 aromatic carbocycles. The first-order chi connectivity index (χ1) is 8.78. The molecule has 0 amide bonds. The average Bonchev–Trinajstić information content (AvgIpc) is 2.73. The molecular formula is C14H27N3O. The van der Waals surface area contributed by atoms with Crippen LogP contribution in [0.1, 0.15) is 44.1 Å². The topological polar surface area (TPSA) is 39.1 Å². The van der Waals surface area contributed by atoms with E-state index in [0.717, 1.165) is 39.1 Å². The van der Waals surface area contributed by atoms with Crippen LogP contribution in [0.2, 0.25) is 0 Å². The second-order valence-electron chi connectivity index (χ2n) is 4.47. The molecule has 0 bridgehead atoms. The van der Waals surface area contributed by atoms with Crippen LogP contribution in [0.4, 0.5) is 0 Å². The van der Waals surface area contributed by atoms with Gasteiger partial charge in [-0.1, -0.05) is 20.8 Å². The van der Waals surface area contributed by atoms with Gasteiger partial charge in [-0.05, 0) is 25.8 Å². The van der Waals surface area contributed by atoms with Crippen molar-refractivity contribution in [3.63, 3.8) is 0 Å². The number of ether oxygens (including phenoxy) is 1. The molecule has 0 atom stereocenters. The van der Waals surface area contributed by atoms with E-state index in [1.807, 2.05) is 0 Å². The summed E-state index contributed by atoms with van der Waals surface area (Å²) in [7, 11) is 1.74. The smallest absolute Gasteiger partial charge is 0.0669 e. The molecule has 0 aliphatic carbocycles. The Labute approximate surface area is 111 Å². The molecule has 0 unspecified atom stereocenters. The van der Waals surface area contributed by atoms with Crippen molar-refractivity contribution < 1.29 is 4.74 Å². The predicted octanol–water partition coefficient (Wildman–Crippen LogP) is 2.15. The van der Waals surface area contributed by atoms with Gasteiger partial charge in [0.25, 0.3) is 0 Å². The third kappa shape index (κ3) is 3.82. The molecule has 0 radical (unpaired) electrons. The molecule has 0 saturated carbocycles. The third-order valence-corrected chi connectivity index (χ3v) is 3.16. The summed E-state index contributed by atoms with van der Waals surface area (Å²) in [5.41, 5.74) is 3.98. The Morgan fingerprint density at radius 2 is 2.00 bits per heavy atom. The zero-order chi connectivity index (χ0) is 13.4. The normalized spacial score (nSPS) is 11.1. The summed E-state index contributed by atoms with van der Waals surface area (Å²) in [5.74, 6) is 0. The number of nitrogens with one attached hydrogen (secondary N) is 1. The van der Waals surface area contributed by atoms with Crippen LogP contribution in [0.3, 0.4) is 0 Å². The van der Waals surface area contributed by atoms with Crippen LogP contribution in [0.15, 0.2) is 0 Å². The number of methoxy groups -OCH3 is 1. The van der Waals surface area contributed by atoms with E-state index in [1.165, 1.54) is 23.4 Å². The number of hydrogen-bond acceptors (Lipinski definition) is 3. The third-order valence-electron chi connectivity index (χ3n) is 3.16. The van der Waals surface area contributed by atoms with Gasteiger partial charge in [-0.3, -0.25) is 4.68 Å².